The van der Waals surface area contributed by atoms with Crippen LogP contribution in [0.1, 0.15) is 97.9 Å². The molecular formula is C69H74N8O12. The SMILES string of the molecule is CCCCN(/C=N/c1ncnc2c1ncn2[C@@H]1O[C@H](COC(c2ccccc2)(c2ccc(OC)cc2)c2ccc(OC)cc2)[C@@H](NC(=O)[C@H](Cc2ccc(OC)cc2)NC(=O)OCC2c3ccccc3-c3ccccc32)[C@H]1OC(=O)CCC(=O)O)CCCC. The maximum absolute atomic E-state index is 15.6. The summed E-state index contributed by atoms with van der Waals surface area (Å²) in [6.07, 6.45) is 2.65. The first kappa shape index (κ1) is 62.4. The molecule has 3 heterocycles. The standard InChI is InChI=1S/C69H74N8O12/c1-6-8-37-76(38-9-7-2)43-73-64-62-65(71-42-70-64)77(44-72-62)67-63(89-60(80)36-35-59(78)79)61(58(88-67)41-87-69(46-17-11-10-12-18-46,47-25-31-50(84-4)32-26-47)48-27-33-51(85-5)34-28-48)75-66(81)57(39-45-23-29-49(83-3)30-24-45)74-68(82)86-40-56-54-21-15-13-19-52(54)53-20-14-16-22-55(53)56/h10-34,42-44,56-58,61,63,67H,6-9,35-41H2,1-5H3,(H,74,82)(H,75,81)(H,78,79)/b73-43+/t57-,58+,61+,63+,67+/m0/s1. The number of rotatable bonds is 29. The number of carboxylic acids is 1. The second-order valence-electron chi connectivity index (χ2n) is 21.8. The molecule has 6 aromatic carbocycles. The number of alkyl carbamates (subject to hydrolysis) is 1. The van der Waals surface area contributed by atoms with Gasteiger partial charge in [0, 0.05) is 25.4 Å². The summed E-state index contributed by atoms with van der Waals surface area (Å²) in [7, 11) is 4.72. The van der Waals surface area contributed by atoms with Gasteiger partial charge in [-0.15, -0.1) is 0 Å². The number of nitrogens with one attached hydrogen (secondary N) is 2. The molecular weight excluding hydrogens is 1130 g/mol. The molecule has 2 amide bonds. The van der Waals surface area contributed by atoms with Crippen molar-refractivity contribution in [2.75, 3.05) is 47.6 Å². The Hall–Kier alpha value is -9.66. The van der Waals surface area contributed by atoms with Gasteiger partial charge in [-0.25, -0.2) is 24.7 Å². The van der Waals surface area contributed by atoms with Gasteiger partial charge in [-0.1, -0.05) is 142 Å². The van der Waals surface area contributed by atoms with Crippen molar-refractivity contribution in [2.45, 2.75) is 101 Å². The van der Waals surface area contributed by atoms with Crippen LogP contribution in [0.2, 0.25) is 0 Å². The van der Waals surface area contributed by atoms with Crippen LogP contribution >= 0.6 is 0 Å². The van der Waals surface area contributed by atoms with Crippen molar-refractivity contribution in [3.05, 3.63) is 198 Å². The molecule has 20 nitrogen and oxygen atoms in total. The second kappa shape index (κ2) is 29.4. The summed E-state index contributed by atoms with van der Waals surface area (Å²) in [5.74, 6) is -1.02. The Morgan fingerprint density at radius 2 is 1.28 bits per heavy atom. The molecule has 0 saturated carbocycles. The van der Waals surface area contributed by atoms with Crippen LogP contribution < -0.4 is 24.8 Å². The second-order valence-corrected chi connectivity index (χ2v) is 21.8. The number of aliphatic imine (C=N–C) groups is 1. The number of amides is 2. The van der Waals surface area contributed by atoms with Crippen molar-refractivity contribution in [3.63, 3.8) is 0 Å². The maximum atomic E-state index is 15.6. The van der Waals surface area contributed by atoms with Crippen LogP contribution in [0, 0.1) is 0 Å². The Labute approximate surface area is 517 Å². The Morgan fingerprint density at radius 1 is 0.708 bits per heavy atom. The number of methoxy groups -OCH3 is 3. The number of imidazole rings is 1. The van der Waals surface area contributed by atoms with Crippen molar-refractivity contribution < 1.29 is 57.4 Å². The minimum Gasteiger partial charge on any atom is -0.497 e. The number of unbranched alkanes of at least 4 members (excludes halogenated alkanes) is 2. The summed E-state index contributed by atoms with van der Waals surface area (Å²) in [5.41, 5.74) is 6.06. The van der Waals surface area contributed by atoms with Gasteiger partial charge in [0.2, 0.25) is 5.91 Å². The number of fused-ring (bicyclic) bond motifs is 4. The van der Waals surface area contributed by atoms with Crippen LogP contribution in [0.25, 0.3) is 22.3 Å². The fourth-order valence-electron chi connectivity index (χ4n) is 11.6. The quantitative estimate of drug-likeness (QED) is 0.0171. The lowest BCUT2D eigenvalue weighted by Gasteiger charge is -2.37. The van der Waals surface area contributed by atoms with Gasteiger partial charge in [0.1, 0.15) is 47.9 Å². The molecule has 1 fully saturated rings. The number of hydrogen-bond acceptors (Lipinski definition) is 15. The van der Waals surface area contributed by atoms with E-state index in [1.807, 2.05) is 127 Å². The largest absolute Gasteiger partial charge is 0.497 e. The number of carbonyl (C=O) groups is 4. The van der Waals surface area contributed by atoms with E-state index in [-0.39, 0.29) is 37.0 Å². The monoisotopic (exact) mass is 1210 g/mol. The molecule has 5 atom stereocenters. The molecule has 2 aromatic heterocycles. The zero-order chi connectivity index (χ0) is 62.3. The van der Waals surface area contributed by atoms with Gasteiger partial charge in [0.15, 0.2) is 29.3 Å². The van der Waals surface area contributed by atoms with Gasteiger partial charge >= 0.3 is 18.0 Å². The van der Waals surface area contributed by atoms with E-state index < -0.39 is 72.9 Å². The van der Waals surface area contributed by atoms with Crippen LogP contribution in [0.3, 0.4) is 0 Å². The number of aliphatic carboxylic acids is 1. The minimum atomic E-state index is -1.43. The molecule has 462 valence electrons. The summed E-state index contributed by atoms with van der Waals surface area (Å²) >= 11 is 0. The predicted molar refractivity (Wildman–Crippen MR) is 334 cm³/mol. The normalized spacial score (nSPS) is 16.5. The van der Waals surface area contributed by atoms with E-state index >= 15 is 4.79 Å². The Kier molecular flexibility index (Phi) is 20.6. The van der Waals surface area contributed by atoms with Gasteiger partial charge in [-0.05, 0) is 93.7 Å². The highest BCUT2D eigenvalue weighted by atomic mass is 16.6. The lowest BCUT2D eigenvalue weighted by atomic mass is 9.80. The summed E-state index contributed by atoms with van der Waals surface area (Å²) in [5, 5.41) is 15.8. The number of hydrogen-bond donors (Lipinski definition) is 3. The van der Waals surface area contributed by atoms with Gasteiger partial charge in [0.25, 0.3) is 0 Å². The van der Waals surface area contributed by atoms with Gasteiger partial charge in [0.05, 0.1) is 59.5 Å². The van der Waals surface area contributed by atoms with E-state index in [0.29, 0.717) is 39.5 Å². The summed E-state index contributed by atoms with van der Waals surface area (Å²) in [4.78, 5) is 77.1. The van der Waals surface area contributed by atoms with E-state index in [0.717, 1.165) is 66.6 Å². The maximum Gasteiger partial charge on any atom is 0.407 e. The highest BCUT2D eigenvalue weighted by Gasteiger charge is 2.52. The molecule has 0 spiro atoms. The van der Waals surface area contributed by atoms with Crippen molar-refractivity contribution in [2.24, 2.45) is 4.99 Å². The van der Waals surface area contributed by atoms with E-state index in [1.54, 1.807) is 56.5 Å². The van der Waals surface area contributed by atoms with Crippen LogP contribution in [-0.2, 0) is 45.4 Å². The third kappa shape index (κ3) is 14.4. The summed E-state index contributed by atoms with van der Waals surface area (Å²) in [6.45, 7) is 5.54. The zero-order valence-electron chi connectivity index (χ0n) is 50.5. The van der Waals surface area contributed by atoms with Gasteiger partial charge in [-0.2, -0.15) is 0 Å². The molecule has 0 bridgehead atoms. The fraction of sp³-hybridized carbons (Fsp3) is 0.333. The zero-order valence-corrected chi connectivity index (χ0v) is 50.5. The molecule has 20 heteroatoms. The Balaban J connectivity index is 1.06. The first-order valence-corrected chi connectivity index (χ1v) is 30.0. The first-order chi connectivity index (χ1) is 43.4. The molecule has 1 aliphatic carbocycles. The lowest BCUT2D eigenvalue weighted by molar-refractivity contribution is -0.158. The molecule has 0 radical (unpaired) electrons. The topological polar surface area (TPSA) is 236 Å². The highest BCUT2D eigenvalue weighted by molar-refractivity contribution is 5.87. The number of aromatic nitrogens is 4. The first-order valence-electron chi connectivity index (χ1n) is 30.0. The average Bonchev–Trinajstić information content (AvgIpc) is 1.76. The highest BCUT2D eigenvalue weighted by Crippen LogP contribution is 2.46. The average molecular weight is 1210 g/mol. The number of nitrogens with zero attached hydrogens (tertiary/aromatic N) is 6. The molecule has 8 aromatic rings. The summed E-state index contributed by atoms with van der Waals surface area (Å²) in [6, 6.07) is 45.0. The third-order valence-corrected chi connectivity index (χ3v) is 16.2. The predicted octanol–water partition coefficient (Wildman–Crippen LogP) is 10.7. The van der Waals surface area contributed by atoms with Crippen LogP contribution in [0.4, 0.5) is 10.6 Å². The minimum absolute atomic E-state index is 0.0281. The van der Waals surface area contributed by atoms with Gasteiger partial charge in [-0.3, -0.25) is 19.0 Å². The molecule has 89 heavy (non-hydrogen) atoms. The molecule has 1 saturated heterocycles. The molecule has 3 N–H and O–H groups in total. The van der Waals surface area contributed by atoms with E-state index in [9.17, 15) is 19.5 Å². The number of benzene rings is 6. The molecule has 1 aliphatic heterocycles. The Bertz CT molecular complexity index is 3610. The van der Waals surface area contributed by atoms with Crippen LogP contribution in [0.15, 0.2) is 169 Å². The number of esters is 1. The van der Waals surface area contributed by atoms with Crippen LogP contribution in [0.5, 0.6) is 17.2 Å². The number of ether oxygens (including phenoxy) is 7. The number of carbonyl (C=O) groups excluding carboxylic acids is 3. The van der Waals surface area contributed by atoms with E-state index in [4.69, 9.17) is 43.1 Å². The molecule has 2 aliphatic rings. The van der Waals surface area contributed by atoms with Gasteiger partial charge < -0.3 is 53.8 Å². The van der Waals surface area contributed by atoms with E-state index in [1.165, 1.54) is 12.7 Å². The van der Waals surface area contributed by atoms with Crippen molar-refractivity contribution in [1.82, 2.24) is 35.1 Å². The molecule has 10 rings (SSSR count). The van der Waals surface area contributed by atoms with Crippen LogP contribution in [-0.4, -0.2) is 132 Å². The van der Waals surface area contributed by atoms with Crippen molar-refractivity contribution in [3.8, 4) is 28.4 Å². The van der Waals surface area contributed by atoms with Crippen molar-refractivity contribution >= 4 is 47.3 Å². The third-order valence-electron chi connectivity index (χ3n) is 16.2. The fourth-order valence-corrected chi connectivity index (χ4v) is 11.6. The number of carboxylic acid groups (broad SMARTS) is 1. The Morgan fingerprint density at radius 3 is 1.87 bits per heavy atom. The lowest BCUT2D eigenvalue weighted by Crippen LogP contribution is -2.56. The van der Waals surface area contributed by atoms with Crippen molar-refractivity contribution in [1.29, 1.82) is 0 Å². The molecule has 0 unspecified atom stereocenters. The van der Waals surface area contributed by atoms with E-state index in [2.05, 4.69) is 39.3 Å². The smallest absolute Gasteiger partial charge is 0.407 e. The summed E-state index contributed by atoms with van der Waals surface area (Å²) < 4.78 is 45.3.